The van der Waals surface area contributed by atoms with Crippen LogP contribution in [0.2, 0.25) is 0 Å². The summed E-state index contributed by atoms with van der Waals surface area (Å²) in [5.74, 6) is 2.96. The number of nitrogens with zero attached hydrogens (tertiary/aromatic N) is 6. The molecule has 6 aromatic carbocycles. The van der Waals surface area contributed by atoms with Crippen molar-refractivity contribution in [3.8, 4) is 57.2 Å². The van der Waals surface area contributed by atoms with Gasteiger partial charge in [0.2, 0.25) is 11.6 Å². The summed E-state index contributed by atoms with van der Waals surface area (Å²) in [5.41, 5.74) is 3.56. The molecule has 0 amide bonds. The summed E-state index contributed by atoms with van der Waals surface area (Å²) in [4.78, 5) is 29.7. The van der Waals surface area contributed by atoms with Crippen LogP contribution in [0.3, 0.4) is 0 Å². The Balaban J connectivity index is 1.41. The SMILES string of the molecule is c1ccc(-c2nc(-c3ccccc3)nc(-c3nc(-c4ccccc4)nc(-c4cc5ccccc5c5ccccc45)n3)n2)cc1. The molecule has 6 heteroatoms. The molecule has 0 bridgehead atoms. The maximum atomic E-state index is 5.05. The lowest BCUT2D eigenvalue weighted by Crippen LogP contribution is -2.05. The summed E-state index contributed by atoms with van der Waals surface area (Å²) in [6, 6.07) is 48.7. The molecule has 8 rings (SSSR count). The molecule has 0 aliphatic carbocycles. The van der Waals surface area contributed by atoms with Crippen LogP contribution in [-0.4, -0.2) is 29.9 Å². The summed E-state index contributed by atoms with van der Waals surface area (Å²) in [5, 5.41) is 4.50. The van der Waals surface area contributed by atoms with Gasteiger partial charge in [0.05, 0.1) is 0 Å². The lowest BCUT2D eigenvalue weighted by atomic mass is 9.97. The first-order valence-electron chi connectivity index (χ1n) is 14.4. The number of aromatic nitrogens is 6. The van der Waals surface area contributed by atoms with Crippen molar-refractivity contribution in [2.45, 2.75) is 0 Å². The molecule has 0 fully saturated rings. The van der Waals surface area contributed by atoms with Gasteiger partial charge in [-0.05, 0) is 27.6 Å². The molecule has 0 N–H and O–H groups in total. The van der Waals surface area contributed by atoms with Crippen LogP contribution >= 0.6 is 0 Å². The van der Waals surface area contributed by atoms with E-state index >= 15 is 0 Å². The van der Waals surface area contributed by atoms with Crippen LogP contribution in [0.15, 0.2) is 146 Å². The molecule has 0 saturated heterocycles. The third-order valence-corrected chi connectivity index (χ3v) is 7.58. The predicted molar refractivity (Wildman–Crippen MR) is 175 cm³/mol. The van der Waals surface area contributed by atoms with Crippen molar-refractivity contribution in [1.29, 1.82) is 0 Å². The second-order valence-corrected chi connectivity index (χ2v) is 10.4. The largest absolute Gasteiger partial charge is 0.208 e. The molecule has 0 aliphatic rings. The maximum Gasteiger partial charge on any atom is 0.202 e. The summed E-state index contributed by atoms with van der Waals surface area (Å²) in [7, 11) is 0. The first kappa shape index (κ1) is 25.6. The van der Waals surface area contributed by atoms with Crippen LogP contribution in [0.25, 0.3) is 78.7 Å². The number of hydrogen-bond acceptors (Lipinski definition) is 6. The van der Waals surface area contributed by atoms with Crippen LogP contribution in [0.5, 0.6) is 0 Å². The van der Waals surface area contributed by atoms with Gasteiger partial charge in [-0.2, -0.15) is 0 Å². The molecule has 2 heterocycles. The van der Waals surface area contributed by atoms with Crippen molar-refractivity contribution < 1.29 is 0 Å². The minimum Gasteiger partial charge on any atom is -0.208 e. The highest BCUT2D eigenvalue weighted by molar-refractivity contribution is 6.13. The maximum absolute atomic E-state index is 5.05. The van der Waals surface area contributed by atoms with E-state index in [9.17, 15) is 0 Å². The average molecular weight is 565 g/mol. The molecule has 0 unspecified atom stereocenters. The van der Waals surface area contributed by atoms with Gasteiger partial charge < -0.3 is 0 Å². The van der Waals surface area contributed by atoms with E-state index in [0.29, 0.717) is 34.9 Å². The van der Waals surface area contributed by atoms with E-state index in [2.05, 4.69) is 48.5 Å². The van der Waals surface area contributed by atoms with Gasteiger partial charge in [0, 0.05) is 22.3 Å². The summed E-state index contributed by atoms with van der Waals surface area (Å²) < 4.78 is 0. The Morgan fingerprint density at radius 1 is 0.273 bits per heavy atom. The zero-order valence-corrected chi connectivity index (χ0v) is 23.5. The molecule has 44 heavy (non-hydrogen) atoms. The van der Waals surface area contributed by atoms with Crippen LogP contribution < -0.4 is 0 Å². The smallest absolute Gasteiger partial charge is 0.202 e. The highest BCUT2D eigenvalue weighted by Crippen LogP contribution is 2.35. The van der Waals surface area contributed by atoms with Gasteiger partial charge in [-0.15, -0.1) is 0 Å². The van der Waals surface area contributed by atoms with Gasteiger partial charge in [-0.3, -0.25) is 0 Å². The second kappa shape index (κ2) is 10.9. The van der Waals surface area contributed by atoms with Crippen molar-refractivity contribution in [2.24, 2.45) is 0 Å². The number of rotatable bonds is 5. The Morgan fingerprint density at radius 2 is 0.636 bits per heavy atom. The lowest BCUT2D eigenvalue weighted by Gasteiger charge is -2.12. The monoisotopic (exact) mass is 564 g/mol. The molecule has 0 atom stereocenters. The fourth-order valence-electron chi connectivity index (χ4n) is 5.46. The van der Waals surface area contributed by atoms with Crippen molar-refractivity contribution in [3.63, 3.8) is 0 Å². The van der Waals surface area contributed by atoms with E-state index in [1.54, 1.807) is 0 Å². The standard InChI is InChI=1S/C38H24N6/c1-4-14-25(15-5-1)33-39-34(26-16-6-2-7-17-26)42-37(41-33)38-43-35(27-18-8-3-9-19-27)40-36(44-38)32-24-28-20-10-11-21-29(28)30-22-12-13-23-31(30)32/h1-24H. The van der Waals surface area contributed by atoms with Crippen LogP contribution in [-0.2, 0) is 0 Å². The molecule has 0 saturated carbocycles. The third-order valence-electron chi connectivity index (χ3n) is 7.58. The van der Waals surface area contributed by atoms with E-state index in [-0.39, 0.29) is 0 Å². The Morgan fingerprint density at radius 3 is 1.16 bits per heavy atom. The molecular weight excluding hydrogens is 540 g/mol. The van der Waals surface area contributed by atoms with Gasteiger partial charge in [-0.1, -0.05) is 140 Å². The predicted octanol–water partition coefficient (Wildman–Crippen LogP) is 8.70. The number of fused-ring (bicyclic) bond motifs is 3. The topological polar surface area (TPSA) is 77.3 Å². The third kappa shape index (κ3) is 4.74. The van der Waals surface area contributed by atoms with E-state index in [1.807, 2.05) is 97.1 Å². The fraction of sp³-hybridized carbons (Fsp3) is 0. The normalized spacial score (nSPS) is 11.2. The quantitative estimate of drug-likeness (QED) is 0.195. The molecule has 0 spiro atoms. The van der Waals surface area contributed by atoms with Gasteiger partial charge in [0.15, 0.2) is 23.3 Å². The van der Waals surface area contributed by atoms with Gasteiger partial charge in [0.25, 0.3) is 0 Å². The Kier molecular flexibility index (Phi) is 6.35. The minimum atomic E-state index is 0.378. The van der Waals surface area contributed by atoms with E-state index < -0.39 is 0 Å². The summed E-state index contributed by atoms with van der Waals surface area (Å²) >= 11 is 0. The van der Waals surface area contributed by atoms with E-state index in [4.69, 9.17) is 29.9 Å². The van der Waals surface area contributed by atoms with Crippen molar-refractivity contribution in [2.75, 3.05) is 0 Å². The fourth-order valence-corrected chi connectivity index (χ4v) is 5.46. The summed E-state index contributed by atoms with van der Waals surface area (Å²) in [6.07, 6.45) is 0. The van der Waals surface area contributed by atoms with Gasteiger partial charge in [-0.25, -0.2) is 29.9 Å². The van der Waals surface area contributed by atoms with Crippen molar-refractivity contribution in [1.82, 2.24) is 29.9 Å². The minimum absolute atomic E-state index is 0.378. The highest BCUT2D eigenvalue weighted by atomic mass is 15.1. The van der Waals surface area contributed by atoms with Crippen LogP contribution in [0.4, 0.5) is 0 Å². The van der Waals surface area contributed by atoms with E-state index in [1.165, 1.54) is 5.39 Å². The molecule has 0 aliphatic heterocycles. The Bertz CT molecular complexity index is 2210. The number of benzene rings is 6. The van der Waals surface area contributed by atoms with Crippen molar-refractivity contribution in [3.05, 3.63) is 146 Å². The molecule has 206 valence electrons. The highest BCUT2D eigenvalue weighted by Gasteiger charge is 2.19. The Hall–Kier alpha value is -6.14. The molecule has 2 aromatic heterocycles. The lowest BCUT2D eigenvalue weighted by molar-refractivity contribution is 1.01. The zero-order valence-electron chi connectivity index (χ0n) is 23.5. The molecule has 0 radical (unpaired) electrons. The van der Waals surface area contributed by atoms with Crippen LogP contribution in [0.1, 0.15) is 0 Å². The number of hydrogen-bond donors (Lipinski definition) is 0. The molecular formula is C38H24N6. The summed E-state index contributed by atoms with van der Waals surface area (Å²) in [6.45, 7) is 0. The second-order valence-electron chi connectivity index (χ2n) is 10.4. The van der Waals surface area contributed by atoms with Crippen molar-refractivity contribution >= 4 is 21.5 Å². The first-order chi connectivity index (χ1) is 21.8. The zero-order chi connectivity index (χ0) is 29.3. The molecule has 8 aromatic rings. The first-order valence-corrected chi connectivity index (χ1v) is 14.4. The average Bonchev–Trinajstić information content (AvgIpc) is 3.12. The Labute approximate surface area is 253 Å². The van der Waals surface area contributed by atoms with Crippen LogP contribution in [0, 0.1) is 0 Å². The van der Waals surface area contributed by atoms with Gasteiger partial charge in [0.1, 0.15) is 0 Å². The van der Waals surface area contributed by atoms with Gasteiger partial charge >= 0.3 is 0 Å². The van der Waals surface area contributed by atoms with E-state index in [0.717, 1.165) is 38.4 Å². The molecule has 6 nitrogen and oxygen atoms in total.